The van der Waals surface area contributed by atoms with Crippen molar-refractivity contribution in [2.24, 2.45) is 5.16 Å². The summed E-state index contributed by atoms with van der Waals surface area (Å²) in [4.78, 5) is 0. The molecule has 0 aliphatic heterocycles. The van der Waals surface area contributed by atoms with E-state index in [4.69, 9.17) is 4.74 Å². The highest BCUT2D eigenvalue weighted by atomic mass is 16.5. The molecule has 2 aromatic carbocycles. The Labute approximate surface area is 157 Å². The SMILES string of the molecule is CCCCCCCCCOc1ccc(/C(=N/O)c2ccc(C)cc2)cc1. The molecule has 140 valence electrons. The van der Waals surface area contributed by atoms with E-state index in [1.807, 2.05) is 55.5 Å². The fourth-order valence-corrected chi connectivity index (χ4v) is 2.95. The van der Waals surface area contributed by atoms with Crippen LogP contribution >= 0.6 is 0 Å². The zero-order valence-electron chi connectivity index (χ0n) is 16.1. The maximum atomic E-state index is 9.41. The van der Waals surface area contributed by atoms with Gasteiger partial charge in [0.25, 0.3) is 0 Å². The lowest BCUT2D eigenvalue weighted by atomic mass is 10.0. The molecule has 0 radical (unpaired) electrons. The lowest BCUT2D eigenvalue weighted by molar-refractivity contribution is 0.304. The Kier molecular flexibility index (Phi) is 8.74. The van der Waals surface area contributed by atoms with Gasteiger partial charge in [-0.25, -0.2) is 0 Å². The van der Waals surface area contributed by atoms with Crippen LogP contribution in [0.2, 0.25) is 0 Å². The number of hydrogen-bond acceptors (Lipinski definition) is 3. The third-order valence-electron chi connectivity index (χ3n) is 4.57. The lowest BCUT2D eigenvalue weighted by Gasteiger charge is -2.09. The quantitative estimate of drug-likeness (QED) is 0.221. The first-order chi connectivity index (χ1) is 12.7. The van der Waals surface area contributed by atoms with Gasteiger partial charge in [0.05, 0.1) is 6.61 Å². The lowest BCUT2D eigenvalue weighted by Crippen LogP contribution is -2.04. The van der Waals surface area contributed by atoms with Crippen molar-refractivity contribution in [1.82, 2.24) is 0 Å². The highest BCUT2D eigenvalue weighted by Gasteiger charge is 2.08. The van der Waals surface area contributed by atoms with E-state index < -0.39 is 0 Å². The molecule has 0 amide bonds. The van der Waals surface area contributed by atoms with Crippen molar-refractivity contribution < 1.29 is 9.94 Å². The van der Waals surface area contributed by atoms with Crippen molar-refractivity contribution in [3.05, 3.63) is 65.2 Å². The van der Waals surface area contributed by atoms with Gasteiger partial charge in [-0.3, -0.25) is 0 Å². The number of nitrogens with zero attached hydrogens (tertiary/aromatic N) is 1. The van der Waals surface area contributed by atoms with E-state index in [-0.39, 0.29) is 0 Å². The van der Waals surface area contributed by atoms with Crippen LogP contribution in [-0.4, -0.2) is 17.5 Å². The van der Waals surface area contributed by atoms with E-state index in [2.05, 4.69) is 12.1 Å². The average molecular weight is 354 g/mol. The molecule has 0 saturated carbocycles. The van der Waals surface area contributed by atoms with E-state index >= 15 is 0 Å². The molecule has 0 fully saturated rings. The molecule has 0 aromatic heterocycles. The smallest absolute Gasteiger partial charge is 0.119 e. The molecular weight excluding hydrogens is 322 g/mol. The number of rotatable bonds is 11. The molecule has 0 atom stereocenters. The summed E-state index contributed by atoms with van der Waals surface area (Å²) >= 11 is 0. The maximum absolute atomic E-state index is 9.41. The topological polar surface area (TPSA) is 41.8 Å². The Morgan fingerprint density at radius 1 is 0.808 bits per heavy atom. The molecule has 0 aliphatic rings. The van der Waals surface area contributed by atoms with E-state index in [0.29, 0.717) is 5.71 Å². The number of hydrogen-bond donors (Lipinski definition) is 1. The molecule has 0 saturated heterocycles. The second kappa shape index (κ2) is 11.3. The third kappa shape index (κ3) is 6.55. The van der Waals surface area contributed by atoms with Gasteiger partial charge in [-0.15, -0.1) is 0 Å². The molecule has 0 unspecified atom stereocenters. The van der Waals surface area contributed by atoms with Crippen molar-refractivity contribution in [2.75, 3.05) is 6.61 Å². The summed E-state index contributed by atoms with van der Waals surface area (Å²) in [6, 6.07) is 15.7. The minimum atomic E-state index is 0.573. The third-order valence-corrected chi connectivity index (χ3v) is 4.57. The highest BCUT2D eigenvalue weighted by Crippen LogP contribution is 2.17. The van der Waals surface area contributed by atoms with Crippen LogP contribution in [0.1, 0.15) is 68.6 Å². The van der Waals surface area contributed by atoms with Gasteiger partial charge in [0.2, 0.25) is 0 Å². The first kappa shape index (κ1) is 20.0. The summed E-state index contributed by atoms with van der Waals surface area (Å²) in [6.45, 7) is 5.04. The normalized spacial score (nSPS) is 11.5. The van der Waals surface area contributed by atoms with Crippen molar-refractivity contribution in [3.63, 3.8) is 0 Å². The second-order valence-electron chi connectivity index (χ2n) is 6.81. The molecule has 2 rings (SSSR count). The zero-order chi connectivity index (χ0) is 18.6. The predicted octanol–water partition coefficient (Wildman–Crippen LogP) is 6.35. The van der Waals surface area contributed by atoms with Gasteiger partial charge in [-0.1, -0.05) is 80.4 Å². The van der Waals surface area contributed by atoms with Crippen molar-refractivity contribution in [1.29, 1.82) is 0 Å². The van der Waals surface area contributed by atoms with E-state index in [0.717, 1.165) is 29.9 Å². The number of benzene rings is 2. The monoisotopic (exact) mass is 353 g/mol. The first-order valence-corrected chi connectivity index (χ1v) is 9.77. The molecule has 26 heavy (non-hydrogen) atoms. The first-order valence-electron chi connectivity index (χ1n) is 9.77. The second-order valence-corrected chi connectivity index (χ2v) is 6.81. The summed E-state index contributed by atoms with van der Waals surface area (Å²) in [5.41, 5.74) is 3.53. The van der Waals surface area contributed by atoms with Crippen LogP contribution < -0.4 is 4.74 Å². The fourth-order valence-electron chi connectivity index (χ4n) is 2.95. The molecule has 0 spiro atoms. The number of ether oxygens (including phenoxy) is 1. The van der Waals surface area contributed by atoms with Gasteiger partial charge in [0.15, 0.2) is 0 Å². The average Bonchev–Trinajstić information content (AvgIpc) is 2.67. The van der Waals surface area contributed by atoms with Crippen LogP contribution in [0, 0.1) is 6.92 Å². The van der Waals surface area contributed by atoms with Crippen LogP contribution in [0.3, 0.4) is 0 Å². The van der Waals surface area contributed by atoms with Gasteiger partial charge in [0.1, 0.15) is 11.5 Å². The Hall–Kier alpha value is -2.29. The molecule has 0 heterocycles. The van der Waals surface area contributed by atoms with E-state index in [1.165, 1.54) is 44.1 Å². The zero-order valence-corrected chi connectivity index (χ0v) is 16.1. The largest absolute Gasteiger partial charge is 0.494 e. The van der Waals surface area contributed by atoms with Crippen LogP contribution in [-0.2, 0) is 0 Å². The Morgan fingerprint density at radius 3 is 1.92 bits per heavy atom. The Morgan fingerprint density at radius 2 is 1.35 bits per heavy atom. The summed E-state index contributed by atoms with van der Waals surface area (Å²) in [5, 5.41) is 12.9. The van der Waals surface area contributed by atoms with Crippen molar-refractivity contribution in [2.45, 2.75) is 58.8 Å². The van der Waals surface area contributed by atoms with Gasteiger partial charge in [-0.2, -0.15) is 0 Å². The fraction of sp³-hybridized carbons (Fsp3) is 0.435. The van der Waals surface area contributed by atoms with Crippen LogP contribution in [0.4, 0.5) is 0 Å². The van der Waals surface area contributed by atoms with Crippen LogP contribution in [0.15, 0.2) is 53.7 Å². The maximum Gasteiger partial charge on any atom is 0.119 e. The van der Waals surface area contributed by atoms with Gasteiger partial charge < -0.3 is 9.94 Å². The molecule has 1 N–H and O–H groups in total. The van der Waals surface area contributed by atoms with Gasteiger partial charge in [-0.05, 0) is 37.6 Å². The molecule has 3 heteroatoms. The Balaban J connectivity index is 1.79. The predicted molar refractivity (Wildman–Crippen MR) is 109 cm³/mol. The highest BCUT2D eigenvalue weighted by molar-refractivity contribution is 6.12. The summed E-state index contributed by atoms with van der Waals surface area (Å²) in [5.74, 6) is 0.862. The van der Waals surface area contributed by atoms with Gasteiger partial charge in [0, 0.05) is 11.1 Å². The standard InChI is InChI=1S/C23H31NO2/c1-3-4-5-6-7-8-9-18-26-22-16-14-21(15-17-22)23(24-25)20-12-10-19(2)11-13-20/h10-17,25H,3-9,18H2,1-2H3/b24-23+. The van der Waals surface area contributed by atoms with Crippen LogP contribution in [0.5, 0.6) is 5.75 Å². The summed E-state index contributed by atoms with van der Waals surface area (Å²) < 4.78 is 5.82. The van der Waals surface area contributed by atoms with Crippen molar-refractivity contribution in [3.8, 4) is 5.75 Å². The van der Waals surface area contributed by atoms with Crippen LogP contribution in [0.25, 0.3) is 0 Å². The number of unbranched alkanes of at least 4 members (excludes halogenated alkanes) is 6. The summed E-state index contributed by atoms with van der Waals surface area (Å²) in [7, 11) is 0. The molecular formula is C23H31NO2. The van der Waals surface area contributed by atoms with Crippen molar-refractivity contribution >= 4 is 5.71 Å². The molecule has 3 nitrogen and oxygen atoms in total. The molecule has 2 aromatic rings. The van der Waals surface area contributed by atoms with E-state index in [1.54, 1.807) is 0 Å². The Bertz CT molecular complexity index is 660. The minimum absolute atomic E-state index is 0.573. The number of oxime groups is 1. The minimum Gasteiger partial charge on any atom is -0.494 e. The summed E-state index contributed by atoms with van der Waals surface area (Å²) in [6.07, 6.45) is 8.97. The molecule has 0 aliphatic carbocycles. The van der Waals surface area contributed by atoms with E-state index in [9.17, 15) is 5.21 Å². The molecule has 0 bridgehead atoms. The van der Waals surface area contributed by atoms with Gasteiger partial charge >= 0.3 is 0 Å². The number of aryl methyl sites for hydroxylation is 1.